The second-order valence-corrected chi connectivity index (χ2v) is 5.05. The van der Waals surface area contributed by atoms with E-state index in [0.717, 1.165) is 30.6 Å². The van der Waals surface area contributed by atoms with Crippen LogP contribution in [-0.2, 0) is 4.79 Å². The van der Waals surface area contributed by atoms with Crippen molar-refractivity contribution in [3.8, 4) is 0 Å². The van der Waals surface area contributed by atoms with Crippen molar-refractivity contribution in [3.05, 3.63) is 34.9 Å². The number of benzene rings is 1. The number of halogens is 1. The molecule has 1 aliphatic carbocycles. The van der Waals surface area contributed by atoms with E-state index in [2.05, 4.69) is 12.1 Å². The molecule has 0 N–H and O–H groups in total. The molecule has 0 aliphatic heterocycles. The summed E-state index contributed by atoms with van der Waals surface area (Å²) in [5, 5.41) is 0.890. The minimum atomic E-state index is 0.594. The van der Waals surface area contributed by atoms with Crippen molar-refractivity contribution in [1.82, 2.24) is 0 Å². The maximum Gasteiger partial charge on any atom is 0.120 e. The van der Waals surface area contributed by atoms with Crippen LogP contribution in [0.25, 0.3) is 0 Å². The first-order valence-electron chi connectivity index (χ1n) is 5.99. The van der Waals surface area contributed by atoms with Crippen LogP contribution >= 0.6 is 11.6 Å². The Labute approximate surface area is 102 Å². The lowest BCUT2D eigenvalue weighted by Gasteiger charge is -2.28. The Kier molecular flexibility index (Phi) is 4.00. The van der Waals surface area contributed by atoms with Gasteiger partial charge in [0.25, 0.3) is 0 Å². The van der Waals surface area contributed by atoms with E-state index in [9.17, 15) is 4.79 Å². The molecule has 2 heteroatoms. The molecule has 2 rings (SSSR count). The quantitative estimate of drug-likeness (QED) is 0.719. The Morgan fingerprint density at radius 2 is 1.88 bits per heavy atom. The standard InChI is InChI=1S/C14H17ClO/c15-14-4-2-1-3-13(14)12-7-5-11(6-8-12)9-10-16/h1-4,10-12H,5-9H2. The zero-order valence-electron chi connectivity index (χ0n) is 9.36. The molecule has 0 atom stereocenters. The van der Waals surface area contributed by atoms with Crippen molar-refractivity contribution in [2.45, 2.75) is 38.0 Å². The van der Waals surface area contributed by atoms with Crippen LogP contribution in [-0.4, -0.2) is 6.29 Å². The highest BCUT2D eigenvalue weighted by atomic mass is 35.5. The Morgan fingerprint density at radius 1 is 1.19 bits per heavy atom. The van der Waals surface area contributed by atoms with Crippen LogP contribution in [0.4, 0.5) is 0 Å². The van der Waals surface area contributed by atoms with Gasteiger partial charge in [-0.25, -0.2) is 0 Å². The van der Waals surface area contributed by atoms with Gasteiger partial charge in [0.15, 0.2) is 0 Å². The molecule has 0 heterocycles. The zero-order chi connectivity index (χ0) is 11.4. The van der Waals surface area contributed by atoms with Crippen molar-refractivity contribution in [2.24, 2.45) is 5.92 Å². The lowest BCUT2D eigenvalue weighted by Crippen LogP contribution is -2.13. The van der Waals surface area contributed by atoms with Crippen molar-refractivity contribution >= 4 is 17.9 Å². The molecule has 16 heavy (non-hydrogen) atoms. The summed E-state index contributed by atoms with van der Waals surface area (Å²) < 4.78 is 0. The van der Waals surface area contributed by atoms with Gasteiger partial charge in [0.05, 0.1) is 0 Å². The minimum absolute atomic E-state index is 0.594. The van der Waals surface area contributed by atoms with Gasteiger partial charge < -0.3 is 4.79 Å². The summed E-state index contributed by atoms with van der Waals surface area (Å²) in [6.07, 6.45) is 6.45. The molecule has 0 bridgehead atoms. The van der Waals surface area contributed by atoms with Gasteiger partial charge in [-0.3, -0.25) is 0 Å². The van der Waals surface area contributed by atoms with Gasteiger partial charge in [-0.2, -0.15) is 0 Å². The lowest BCUT2D eigenvalue weighted by molar-refractivity contribution is -0.108. The van der Waals surface area contributed by atoms with Crippen LogP contribution in [0.3, 0.4) is 0 Å². The SMILES string of the molecule is O=CCC1CCC(c2ccccc2Cl)CC1. The summed E-state index contributed by atoms with van der Waals surface area (Å²) in [6.45, 7) is 0. The summed E-state index contributed by atoms with van der Waals surface area (Å²) in [4.78, 5) is 10.5. The number of carbonyl (C=O) groups excluding carboxylic acids is 1. The first-order valence-corrected chi connectivity index (χ1v) is 6.37. The van der Waals surface area contributed by atoms with Crippen LogP contribution in [0.2, 0.25) is 5.02 Å². The fourth-order valence-corrected chi connectivity index (χ4v) is 2.94. The first-order chi connectivity index (χ1) is 7.81. The predicted octanol–water partition coefficient (Wildman–Crippen LogP) is 4.20. The van der Waals surface area contributed by atoms with Crippen LogP contribution in [0.5, 0.6) is 0 Å². The number of carbonyl (C=O) groups is 1. The van der Waals surface area contributed by atoms with Gasteiger partial charge in [-0.05, 0) is 49.1 Å². The van der Waals surface area contributed by atoms with Gasteiger partial charge in [0.1, 0.15) is 6.29 Å². The van der Waals surface area contributed by atoms with Gasteiger partial charge in [-0.15, -0.1) is 0 Å². The van der Waals surface area contributed by atoms with Gasteiger partial charge >= 0.3 is 0 Å². The van der Waals surface area contributed by atoms with Crippen LogP contribution in [0.1, 0.15) is 43.6 Å². The normalized spacial score (nSPS) is 25.3. The highest BCUT2D eigenvalue weighted by molar-refractivity contribution is 6.31. The maximum atomic E-state index is 10.5. The van der Waals surface area contributed by atoms with Crippen LogP contribution in [0, 0.1) is 5.92 Å². The Hall–Kier alpha value is -0.820. The molecule has 1 fully saturated rings. The third-order valence-corrected chi connectivity index (χ3v) is 3.97. The molecule has 0 saturated heterocycles. The highest BCUT2D eigenvalue weighted by Crippen LogP contribution is 2.39. The van der Waals surface area contributed by atoms with Gasteiger partial charge in [0, 0.05) is 11.4 Å². The molecular formula is C14H17ClO. The summed E-state index contributed by atoms with van der Waals surface area (Å²) in [6, 6.07) is 8.13. The largest absolute Gasteiger partial charge is 0.303 e. The number of rotatable bonds is 3. The van der Waals surface area contributed by atoms with Crippen molar-refractivity contribution in [2.75, 3.05) is 0 Å². The van der Waals surface area contributed by atoms with E-state index in [1.54, 1.807) is 0 Å². The molecule has 0 unspecified atom stereocenters. The number of aldehydes is 1. The maximum absolute atomic E-state index is 10.5. The molecule has 0 aromatic heterocycles. The molecule has 0 amide bonds. The van der Waals surface area contributed by atoms with E-state index in [-0.39, 0.29) is 0 Å². The van der Waals surface area contributed by atoms with Crippen LogP contribution in [0.15, 0.2) is 24.3 Å². The third kappa shape index (κ3) is 2.65. The summed E-state index contributed by atoms with van der Waals surface area (Å²) in [5.74, 6) is 1.20. The molecule has 1 aromatic rings. The van der Waals surface area contributed by atoms with Gasteiger partial charge in [-0.1, -0.05) is 29.8 Å². The molecule has 1 nitrogen and oxygen atoms in total. The molecule has 1 aliphatic rings. The lowest BCUT2D eigenvalue weighted by atomic mass is 9.78. The minimum Gasteiger partial charge on any atom is -0.303 e. The van der Waals surface area contributed by atoms with Crippen molar-refractivity contribution < 1.29 is 4.79 Å². The van der Waals surface area contributed by atoms with E-state index in [1.807, 2.05) is 12.1 Å². The van der Waals surface area contributed by atoms with E-state index in [0.29, 0.717) is 11.8 Å². The van der Waals surface area contributed by atoms with E-state index in [1.165, 1.54) is 18.4 Å². The summed E-state index contributed by atoms with van der Waals surface area (Å²) in [5.41, 5.74) is 1.29. The van der Waals surface area contributed by atoms with Gasteiger partial charge in [0.2, 0.25) is 0 Å². The predicted molar refractivity (Wildman–Crippen MR) is 66.8 cm³/mol. The second-order valence-electron chi connectivity index (χ2n) is 4.64. The molecule has 1 aromatic carbocycles. The van der Waals surface area contributed by atoms with E-state index >= 15 is 0 Å². The average molecular weight is 237 g/mol. The van der Waals surface area contributed by atoms with E-state index < -0.39 is 0 Å². The Morgan fingerprint density at radius 3 is 2.50 bits per heavy atom. The smallest absolute Gasteiger partial charge is 0.120 e. The molecule has 86 valence electrons. The van der Waals surface area contributed by atoms with E-state index in [4.69, 9.17) is 11.6 Å². The number of hydrogen-bond acceptors (Lipinski definition) is 1. The third-order valence-electron chi connectivity index (χ3n) is 3.62. The molecule has 1 saturated carbocycles. The number of hydrogen-bond donors (Lipinski definition) is 0. The second kappa shape index (κ2) is 5.49. The first kappa shape index (κ1) is 11.7. The zero-order valence-corrected chi connectivity index (χ0v) is 10.1. The highest BCUT2D eigenvalue weighted by Gasteiger charge is 2.23. The van der Waals surface area contributed by atoms with Crippen LogP contribution < -0.4 is 0 Å². The fourth-order valence-electron chi connectivity index (χ4n) is 2.65. The molecule has 0 spiro atoms. The van der Waals surface area contributed by atoms with Crippen molar-refractivity contribution in [3.63, 3.8) is 0 Å². The molecule has 0 radical (unpaired) electrons. The van der Waals surface area contributed by atoms with Crippen molar-refractivity contribution in [1.29, 1.82) is 0 Å². The average Bonchev–Trinajstić information content (AvgIpc) is 2.31. The monoisotopic (exact) mass is 236 g/mol. The summed E-state index contributed by atoms with van der Waals surface area (Å²) in [7, 11) is 0. The topological polar surface area (TPSA) is 17.1 Å². The summed E-state index contributed by atoms with van der Waals surface area (Å²) >= 11 is 6.20. The molecular weight excluding hydrogens is 220 g/mol. The Balaban J connectivity index is 1.99. The fraction of sp³-hybridized carbons (Fsp3) is 0.500. The Bertz CT molecular complexity index is 354.